The third kappa shape index (κ3) is 6.79. The van der Waals surface area contributed by atoms with E-state index in [1.165, 1.54) is 11.8 Å². The van der Waals surface area contributed by atoms with E-state index >= 15 is 0 Å². The summed E-state index contributed by atoms with van der Waals surface area (Å²) >= 11 is 0. The highest BCUT2D eigenvalue weighted by Gasteiger charge is 2.19. The third-order valence-electron chi connectivity index (χ3n) is 6.50. The van der Waals surface area contributed by atoms with Crippen molar-refractivity contribution in [1.82, 2.24) is 9.66 Å². The van der Waals surface area contributed by atoms with Crippen molar-refractivity contribution in [3.05, 3.63) is 81.6 Å². The number of rotatable bonds is 11. The molecule has 0 bridgehead atoms. The van der Waals surface area contributed by atoms with Crippen LogP contribution in [0.25, 0.3) is 22.3 Å². The van der Waals surface area contributed by atoms with E-state index in [0.717, 1.165) is 22.4 Å². The van der Waals surface area contributed by atoms with Crippen molar-refractivity contribution in [3.8, 4) is 28.6 Å². The molecule has 0 spiro atoms. The van der Waals surface area contributed by atoms with Crippen LogP contribution in [0.4, 0.5) is 0 Å². The highest BCUT2D eigenvalue weighted by molar-refractivity contribution is 5.83. The van der Waals surface area contributed by atoms with Crippen molar-refractivity contribution < 1.29 is 23.7 Å². The first-order valence-electron chi connectivity index (χ1n) is 14.0. The average Bonchev–Trinajstić information content (AvgIpc) is 2.95. The van der Waals surface area contributed by atoms with Crippen LogP contribution < -0.4 is 19.8 Å². The van der Waals surface area contributed by atoms with Gasteiger partial charge in [-0.2, -0.15) is 9.78 Å². The molecule has 1 aromatic heterocycles. The van der Waals surface area contributed by atoms with E-state index in [1.807, 2.05) is 38.1 Å². The maximum atomic E-state index is 13.7. The molecule has 0 atom stereocenters. The average molecular weight is 572 g/mol. The van der Waals surface area contributed by atoms with Crippen LogP contribution in [-0.4, -0.2) is 48.3 Å². The molecule has 0 saturated carbocycles. The SMILES string of the molecule is CCOc1cc(C)c(-c2nc3ccccc3c(=O)n2N=Cc2ccc(OCC(=O)OC(C)C)c(OC)c2)cc1C(C)C. The Kier molecular flexibility index (Phi) is 9.62. The number of esters is 1. The zero-order valence-electron chi connectivity index (χ0n) is 25.1. The second-order valence-electron chi connectivity index (χ2n) is 10.3. The largest absolute Gasteiger partial charge is 0.494 e. The summed E-state index contributed by atoms with van der Waals surface area (Å²) in [7, 11) is 1.51. The van der Waals surface area contributed by atoms with Gasteiger partial charge >= 0.3 is 5.97 Å². The predicted molar refractivity (Wildman–Crippen MR) is 164 cm³/mol. The van der Waals surface area contributed by atoms with E-state index in [4.69, 9.17) is 23.9 Å². The lowest BCUT2D eigenvalue weighted by Crippen LogP contribution is -2.21. The van der Waals surface area contributed by atoms with Gasteiger partial charge in [0.05, 0.1) is 36.9 Å². The standard InChI is InChI=1S/C33H37N3O6/c1-8-40-29-15-22(6)26(17-25(29)20(2)3)32-35-27-12-10-9-11-24(27)33(38)36(32)34-18-23-13-14-28(30(16-23)39-7)41-19-31(37)42-21(4)5/h9-18,20-21H,8,19H2,1-7H3. The Morgan fingerprint density at radius 2 is 1.76 bits per heavy atom. The summed E-state index contributed by atoms with van der Waals surface area (Å²) in [5.74, 6) is 1.75. The van der Waals surface area contributed by atoms with E-state index in [-0.39, 0.29) is 24.2 Å². The number of aryl methyl sites for hydroxylation is 1. The minimum absolute atomic E-state index is 0.190. The van der Waals surface area contributed by atoms with Crippen molar-refractivity contribution in [2.45, 2.75) is 53.6 Å². The Balaban J connectivity index is 1.78. The van der Waals surface area contributed by atoms with Crippen molar-refractivity contribution in [2.24, 2.45) is 5.10 Å². The van der Waals surface area contributed by atoms with Gasteiger partial charge in [0.1, 0.15) is 5.75 Å². The molecule has 0 aliphatic rings. The van der Waals surface area contributed by atoms with Gasteiger partial charge in [-0.15, -0.1) is 0 Å². The number of carbonyl (C=O) groups is 1. The van der Waals surface area contributed by atoms with Crippen LogP contribution in [0.1, 0.15) is 57.2 Å². The molecule has 1 heterocycles. The van der Waals surface area contributed by atoms with E-state index in [2.05, 4.69) is 18.9 Å². The summed E-state index contributed by atoms with van der Waals surface area (Å²) in [5, 5.41) is 5.06. The second kappa shape index (κ2) is 13.3. The smallest absolute Gasteiger partial charge is 0.344 e. The molecule has 0 saturated heterocycles. The first kappa shape index (κ1) is 30.3. The van der Waals surface area contributed by atoms with Gasteiger partial charge in [-0.3, -0.25) is 4.79 Å². The summed E-state index contributed by atoms with van der Waals surface area (Å²) in [6.45, 7) is 12.0. The van der Waals surface area contributed by atoms with Crippen molar-refractivity contribution in [1.29, 1.82) is 0 Å². The molecule has 9 heteroatoms. The number of hydrogen-bond donors (Lipinski definition) is 0. The van der Waals surface area contributed by atoms with Gasteiger partial charge in [0.15, 0.2) is 23.9 Å². The lowest BCUT2D eigenvalue weighted by molar-refractivity contribution is -0.149. The zero-order chi connectivity index (χ0) is 30.4. The Labute approximate surface area is 245 Å². The number of benzene rings is 3. The van der Waals surface area contributed by atoms with Gasteiger partial charge in [-0.05, 0) is 92.8 Å². The molecule has 9 nitrogen and oxygen atoms in total. The molecular formula is C33H37N3O6. The van der Waals surface area contributed by atoms with Gasteiger partial charge in [-0.25, -0.2) is 9.78 Å². The number of ether oxygens (including phenoxy) is 4. The third-order valence-corrected chi connectivity index (χ3v) is 6.50. The van der Waals surface area contributed by atoms with E-state index < -0.39 is 5.97 Å². The normalized spacial score (nSPS) is 11.5. The fourth-order valence-corrected chi connectivity index (χ4v) is 4.52. The number of nitrogens with zero attached hydrogens (tertiary/aromatic N) is 3. The molecule has 0 aliphatic carbocycles. The van der Waals surface area contributed by atoms with E-state index in [0.29, 0.717) is 40.4 Å². The Bertz CT molecular complexity index is 1670. The number of hydrogen-bond acceptors (Lipinski definition) is 8. The molecule has 0 aliphatic heterocycles. The highest BCUT2D eigenvalue weighted by atomic mass is 16.6. The van der Waals surface area contributed by atoms with Crippen LogP contribution >= 0.6 is 0 Å². The van der Waals surface area contributed by atoms with Crippen molar-refractivity contribution in [2.75, 3.05) is 20.3 Å². The fraction of sp³-hybridized carbons (Fsp3) is 0.333. The molecule has 220 valence electrons. The highest BCUT2D eigenvalue weighted by Crippen LogP contribution is 2.34. The summed E-state index contributed by atoms with van der Waals surface area (Å²) in [4.78, 5) is 30.5. The van der Waals surface area contributed by atoms with Crippen LogP contribution in [0.15, 0.2) is 64.5 Å². The van der Waals surface area contributed by atoms with Gasteiger partial charge < -0.3 is 18.9 Å². The lowest BCUT2D eigenvalue weighted by atomic mass is 9.96. The molecule has 0 fully saturated rings. The van der Waals surface area contributed by atoms with Gasteiger partial charge in [0.25, 0.3) is 5.56 Å². The van der Waals surface area contributed by atoms with Crippen molar-refractivity contribution >= 4 is 23.1 Å². The molecule has 4 aromatic rings. The second-order valence-corrected chi connectivity index (χ2v) is 10.3. The maximum Gasteiger partial charge on any atom is 0.344 e. The molecule has 0 N–H and O–H groups in total. The maximum absolute atomic E-state index is 13.7. The molecular weight excluding hydrogens is 534 g/mol. The zero-order valence-corrected chi connectivity index (χ0v) is 25.1. The predicted octanol–water partition coefficient (Wildman–Crippen LogP) is 6.12. The molecule has 0 amide bonds. The van der Waals surface area contributed by atoms with Gasteiger partial charge in [-0.1, -0.05) is 26.0 Å². The quantitative estimate of drug-likeness (QED) is 0.158. The Morgan fingerprint density at radius 3 is 2.45 bits per heavy atom. The first-order chi connectivity index (χ1) is 20.1. The number of aromatic nitrogens is 2. The van der Waals surface area contributed by atoms with Crippen molar-refractivity contribution in [3.63, 3.8) is 0 Å². The van der Waals surface area contributed by atoms with Crippen LogP contribution in [0.2, 0.25) is 0 Å². The molecule has 4 rings (SSSR count). The molecule has 3 aromatic carbocycles. The van der Waals surface area contributed by atoms with Gasteiger partial charge in [0, 0.05) is 5.56 Å². The Hall–Kier alpha value is -4.66. The van der Waals surface area contributed by atoms with E-state index in [1.54, 1.807) is 50.4 Å². The summed E-state index contributed by atoms with van der Waals surface area (Å²) in [6, 6.07) is 16.4. The summed E-state index contributed by atoms with van der Waals surface area (Å²) in [6.07, 6.45) is 1.33. The summed E-state index contributed by atoms with van der Waals surface area (Å²) in [5.41, 5.74) is 3.67. The first-order valence-corrected chi connectivity index (χ1v) is 14.0. The molecule has 42 heavy (non-hydrogen) atoms. The van der Waals surface area contributed by atoms with E-state index in [9.17, 15) is 9.59 Å². The van der Waals surface area contributed by atoms with Crippen LogP contribution in [0, 0.1) is 6.92 Å². The minimum Gasteiger partial charge on any atom is -0.494 e. The topological polar surface area (TPSA) is 101 Å². The monoisotopic (exact) mass is 571 g/mol. The number of fused-ring (bicyclic) bond motifs is 1. The lowest BCUT2D eigenvalue weighted by Gasteiger charge is -2.18. The number of methoxy groups -OCH3 is 1. The van der Waals surface area contributed by atoms with Gasteiger partial charge in [0.2, 0.25) is 0 Å². The molecule has 0 radical (unpaired) electrons. The van der Waals surface area contributed by atoms with Crippen LogP contribution in [0.3, 0.4) is 0 Å². The summed E-state index contributed by atoms with van der Waals surface area (Å²) < 4.78 is 23.4. The number of para-hydroxylation sites is 1. The number of carbonyl (C=O) groups excluding carboxylic acids is 1. The molecule has 0 unspecified atom stereocenters. The Morgan fingerprint density at radius 1 is 1.00 bits per heavy atom. The van der Waals surface area contributed by atoms with Crippen LogP contribution in [-0.2, 0) is 9.53 Å². The minimum atomic E-state index is -0.474. The fourth-order valence-electron chi connectivity index (χ4n) is 4.52. The van der Waals surface area contributed by atoms with Crippen LogP contribution in [0.5, 0.6) is 17.2 Å².